The molecule has 6 heteroatoms. The summed E-state index contributed by atoms with van der Waals surface area (Å²) in [7, 11) is 3.20. The van der Waals surface area contributed by atoms with Gasteiger partial charge in [0.1, 0.15) is 0 Å². The minimum Gasteiger partial charge on any atom is -0.493 e. The van der Waals surface area contributed by atoms with Crippen molar-refractivity contribution >= 4 is 11.8 Å². The molecule has 6 nitrogen and oxygen atoms in total. The summed E-state index contributed by atoms with van der Waals surface area (Å²) in [6.45, 7) is 4.97. The Hall–Kier alpha value is -2.24. The molecule has 1 aromatic carbocycles. The van der Waals surface area contributed by atoms with Crippen LogP contribution in [0.1, 0.15) is 51.5 Å². The molecule has 1 aliphatic rings. The highest BCUT2D eigenvalue weighted by atomic mass is 16.5. The van der Waals surface area contributed by atoms with Crippen LogP contribution in [0.2, 0.25) is 0 Å². The molecular weight excluding hydrogens is 356 g/mol. The van der Waals surface area contributed by atoms with E-state index in [1.165, 1.54) is 6.42 Å². The fraction of sp³-hybridized carbons (Fsp3) is 0.636. The third-order valence-electron chi connectivity index (χ3n) is 5.82. The normalized spacial score (nSPS) is 21.6. The Kier molecular flexibility index (Phi) is 8.61. The van der Waals surface area contributed by atoms with Gasteiger partial charge in [0.2, 0.25) is 11.8 Å². The number of amides is 2. The Labute approximate surface area is 168 Å². The maximum absolute atomic E-state index is 12.2. The van der Waals surface area contributed by atoms with Crippen molar-refractivity contribution in [2.75, 3.05) is 20.8 Å². The number of methoxy groups -OCH3 is 2. The molecule has 2 rings (SSSR count). The topological polar surface area (TPSA) is 76.7 Å². The van der Waals surface area contributed by atoms with E-state index < -0.39 is 0 Å². The largest absolute Gasteiger partial charge is 0.493 e. The predicted molar refractivity (Wildman–Crippen MR) is 110 cm³/mol. The second-order valence-electron chi connectivity index (χ2n) is 7.73. The molecule has 0 aliphatic heterocycles. The summed E-state index contributed by atoms with van der Waals surface area (Å²) in [5, 5.41) is 6.00. The molecule has 28 heavy (non-hydrogen) atoms. The molecule has 1 aromatic rings. The lowest BCUT2D eigenvalue weighted by atomic mass is 9.78. The lowest BCUT2D eigenvalue weighted by Crippen LogP contribution is -2.43. The first-order valence-electron chi connectivity index (χ1n) is 10.2. The Morgan fingerprint density at radius 3 is 2.46 bits per heavy atom. The van der Waals surface area contributed by atoms with Crippen molar-refractivity contribution in [2.45, 2.75) is 58.4 Å². The molecule has 1 aliphatic carbocycles. The van der Waals surface area contributed by atoms with Crippen LogP contribution in [0.15, 0.2) is 18.2 Å². The lowest BCUT2D eigenvalue weighted by Gasteiger charge is -2.34. The van der Waals surface area contributed by atoms with E-state index in [0.717, 1.165) is 18.4 Å². The molecule has 1 saturated carbocycles. The van der Waals surface area contributed by atoms with Crippen LogP contribution in [-0.2, 0) is 16.0 Å². The summed E-state index contributed by atoms with van der Waals surface area (Å²) in [6, 6.07) is 5.95. The first-order valence-corrected chi connectivity index (χ1v) is 10.2. The molecule has 0 unspecified atom stereocenters. The quantitative estimate of drug-likeness (QED) is 0.679. The number of hydrogen-bond donors (Lipinski definition) is 2. The van der Waals surface area contributed by atoms with Gasteiger partial charge < -0.3 is 20.1 Å². The van der Waals surface area contributed by atoms with E-state index in [-0.39, 0.29) is 30.7 Å². The molecule has 156 valence electrons. The zero-order chi connectivity index (χ0) is 20.5. The van der Waals surface area contributed by atoms with Crippen molar-refractivity contribution in [2.24, 2.45) is 11.8 Å². The number of carbonyl (C=O) groups is 2. The minimum atomic E-state index is -0.0966. The first-order chi connectivity index (χ1) is 13.4. The van der Waals surface area contributed by atoms with Crippen molar-refractivity contribution < 1.29 is 19.1 Å². The molecule has 0 radical (unpaired) electrons. The summed E-state index contributed by atoms with van der Waals surface area (Å²) in [5.41, 5.74) is 1.05. The molecular formula is C22H34N2O4. The van der Waals surface area contributed by atoms with E-state index in [0.29, 0.717) is 36.3 Å². The second-order valence-corrected chi connectivity index (χ2v) is 7.73. The molecule has 3 atom stereocenters. The van der Waals surface area contributed by atoms with Crippen LogP contribution in [0.4, 0.5) is 0 Å². The van der Waals surface area contributed by atoms with Gasteiger partial charge in [0.15, 0.2) is 11.5 Å². The summed E-state index contributed by atoms with van der Waals surface area (Å²) in [4.78, 5) is 24.2. The van der Waals surface area contributed by atoms with Crippen molar-refractivity contribution in [3.8, 4) is 11.5 Å². The molecule has 0 saturated heterocycles. The van der Waals surface area contributed by atoms with E-state index in [4.69, 9.17) is 9.47 Å². The van der Waals surface area contributed by atoms with Gasteiger partial charge in [0.25, 0.3) is 0 Å². The van der Waals surface area contributed by atoms with Gasteiger partial charge in [0, 0.05) is 25.4 Å². The standard InChI is InChI=1S/C22H34N2O4/c1-15-6-5-7-18(16(15)2)24-22(26)11-10-21(25)23-13-12-17-8-9-19(27-3)20(14-17)28-4/h8-9,14-16,18H,5-7,10-13H2,1-4H3,(H,23,25)(H,24,26)/t15-,16-,18-/m1/s1. The Bertz CT molecular complexity index is 662. The summed E-state index contributed by atoms with van der Waals surface area (Å²) < 4.78 is 10.5. The Morgan fingerprint density at radius 1 is 1.04 bits per heavy atom. The number of ether oxygens (including phenoxy) is 2. The molecule has 0 bridgehead atoms. The predicted octanol–water partition coefficient (Wildman–Crippen LogP) is 3.08. The van der Waals surface area contributed by atoms with Crippen molar-refractivity contribution in [3.63, 3.8) is 0 Å². The van der Waals surface area contributed by atoms with E-state index >= 15 is 0 Å². The van der Waals surface area contributed by atoms with E-state index in [1.807, 2.05) is 18.2 Å². The molecule has 0 aromatic heterocycles. The minimum absolute atomic E-state index is 0.0269. The van der Waals surface area contributed by atoms with Crippen LogP contribution in [0.3, 0.4) is 0 Å². The average molecular weight is 391 g/mol. The summed E-state index contributed by atoms with van der Waals surface area (Å²) >= 11 is 0. The molecule has 2 amide bonds. The summed E-state index contributed by atoms with van der Waals surface area (Å²) in [6.07, 6.45) is 4.57. The fourth-order valence-electron chi connectivity index (χ4n) is 3.76. The van der Waals surface area contributed by atoms with Gasteiger partial charge in [-0.15, -0.1) is 0 Å². The van der Waals surface area contributed by atoms with Crippen LogP contribution in [0, 0.1) is 11.8 Å². The van der Waals surface area contributed by atoms with Gasteiger partial charge in [-0.1, -0.05) is 32.8 Å². The van der Waals surface area contributed by atoms with E-state index in [9.17, 15) is 9.59 Å². The third kappa shape index (κ3) is 6.43. The number of benzene rings is 1. The van der Waals surface area contributed by atoms with Crippen LogP contribution < -0.4 is 20.1 Å². The number of hydrogen-bond acceptors (Lipinski definition) is 4. The van der Waals surface area contributed by atoms with Gasteiger partial charge >= 0.3 is 0 Å². The highest BCUT2D eigenvalue weighted by molar-refractivity contribution is 5.83. The number of nitrogens with one attached hydrogen (secondary N) is 2. The average Bonchev–Trinajstić information content (AvgIpc) is 2.69. The van der Waals surface area contributed by atoms with Crippen molar-refractivity contribution in [3.05, 3.63) is 23.8 Å². The van der Waals surface area contributed by atoms with Gasteiger partial charge in [-0.05, 0) is 42.4 Å². The van der Waals surface area contributed by atoms with Crippen LogP contribution in [0.25, 0.3) is 0 Å². The molecule has 2 N–H and O–H groups in total. The zero-order valence-electron chi connectivity index (χ0n) is 17.5. The monoisotopic (exact) mass is 390 g/mol. The smallest absolute Gasteiger partial charge is 0.220 e. The van der Waals surface area contributed by atoms with Crippen LogP contribution in [0.5, 0.6) is 11.5 Å². The first kappa shape index (κ1) is 22.1. The number of carbonyl (C=O) groups excluding carboxylic acids is 2. The fourth-order valence-corrected chi connectivity index (χ4v) is 3.76. The SMILES string of the molecule is COc1ccc(CCNC(=O)CCC(=O)N[C@@H]2CCC[C@@H](C)[C@H]2C)cc1OC. The highest BCUT2D eigenvalue weighted by Gasteiger charge is 2.28. The van der Waals surface area contributed by atoms with E-state index in [2.05, 4.69) is 24.5 Å². The number of rotatable bonds is 9. The Morgan fingerprint density at radius 2 is 1.75 bits per heavy atom. The lowest BCUT2D eigenvalue weighted by molar-refractivity contribution is -0.127. The molecule has 0 heterocycles. The van der Waals surface area contributed by atoms with Crippen LogP contribution >= 0.6 is 0 Å². The maximum atomic E-state index is 12.2. The van der Waals surface area contributed by atoms with Gasteiger partial charge in [-0.25, -0.2) is 0 Å². The van der Waals surface area contributed by atoms with Crippen LogP contribution in [-0.4, -0.2) is 38.6 Å². The zero-order valence-corrected chi connectivity index (χ0v) is 17.5. The molecule has 0 spiro atoms. The van der Waals surface area contributed by atoms with Crippen molar-refractivity contribution in [1.82, 2.24) is 10.6 Å². The van der Waals surface area contributed by atoms with E-state index in [1.54, 1.807) is 14.2 Å². The van der Waals surface area contributed by atoms with Gasteiger partial charge in [0.05, 0.1) is 14.2 Å². The Balaban J connectivity index is 1.68. The summed E-state index contributed by atoms with van der Waals surface area (Å²) in [5.74, 6) is 2.37. The highest BCUT2D eigenvalue weighted by Crippen LogP contribution is 2.29. The second kappa shape index (κ2) is 10.9. The molecule has 1 fully saturated rings. The third-order valence-corrected chi connectivity index (χ3v) is 5.82. The van der Waals surface area contributed by atoms with Gasteiger partial charge in [-0.2, -0.15) is 0 Å². The van der Waals surface area contributed by atoms with Crippen molar-refractivity contribution in [1.29, 1.82) is 0 Å². The van der Waals surface area contributed by atoms with Gasteiger partial charge in [-0.3, -0.25) is 9.59 Å². The maximum Gasteiger partial charge on any atom is 0.220 e.